The van der Waals surface area contributed by atoms with Crippen LogP contribution < -0.4 is 5.32 Å². The summed E-state index contributed by atoms with van der Waals surface area (Å²) < 4.78 is 17.4. The zero-order valence-electron chi connectivity index (χ0n) is 31.6. The second-order valence-electron chi connectivity index (χ2n) is 15.6. The standard InChI is InChI=1S/C31H42N4O2.C6H16OS.C2H6/c1-30(2,3)27(32-19-24-17-18-34(21-24)29(36)37-31(4,5)6)28-33-26(25-15-11-8-12-16-25)22-35(28)20-23-13-9-7-10-14-23;1-6(2,3)8(4,5)7;1-2/h7-16,22,24,27,32H,17-21H2,1-6H3;7H,1-5H3;1-2H3. The highest BCUT2D eigenvalue weighted by Gasteiger charge is 2.34. The van der Waals surface area contributed by atoms with E-state index in [4.69, 9.17) is 9.72 Å². The highest BCUT2D eigenvalue weighted by molar-refractivity contribution is 8.29. The highest BCUT2D eigenvalue weighted by Crippen LogP contribution is 2.48. The van der Waals surface area contributed by atoms with Crippen LogP contribution in [0.1, 0.15) is 100 Å². The molecular weight excluding hydrogens is 605 g/mol. The monoisotopic (exact) mass is 668 g/mol. The van der Waals surface area contributed by atoms with Crippen LogP contribution in [0.15, 0.2) is 66.9 Å². The van der Waals surface area contributed by atoms with Crippen molar-refractivity contribution in [3.8, 4) is 11.3 Å². The third kappa shape index (κ3) is 13.0. The van der Waals surface area contributed by atoms with Crippen LogP contribution in [0.4, 0.5) is 4.79 Å². The van der Waals surface area contributed by atoms with Crippen LogP contribution in [0.3, 0.4) is 0 Å². The summed E-state index contributed by atoms with van der Waals surface area (Å²) in [4.78, 5) is 19.6. The maximum absolute atomic E-state index is 12.6. The maximum atomic E-state index is 12.6. The van der Waals surface area contributed by atoms with Crippen molar-refractivity contribution in [2.45, 2.75) is 106 Å². The molecule has 1 aromatic heterocycles. The molecule has 0 saturated carbocycles. The first-order valence-electron chi connectivity index (χ1n) is 17.1. The Hall–Kier alpha value is -2.81. The van der Waals surface area contributed by atoms with Gasteiger partial charge in [-0.3, -0.25) is 0 Å². The molecule has 2 N–H and O–H groups in total. The van der Waals surface area contributed by atoms with E-state index in [1.165, 1.54) is 5.56 Å². The SMILES string of the molecule is CC.CC(C)(C)OC(=O)N1CCC(CNC(c2nc(-c3ccccc3)cn2Cc2ccccc2)C(C)(C)C)C1.CC(C)(C)S(C)(C)O. The second kappa shape index (κ2) is 17.0. The number of carbonyl (C=O) groups is 1. The molecule has 1 amide bonds. The molecule has 7 nitrogen and oxygen atoms in total. The molecule has 0 spiro atoms. The summed E-state index contributed by atoms with van der Waals surface area (Å²) in [6, 6.07) is 21.0. The van der Waals surface area contributed by atoms with Gasteiger partial charge in [-0.15, -0.1) is 10.3 Å². The Morgan fingerprint density at radius 3 is 1.98 bits per heavy atom. The van der Waals surface area contributed by atoms with Crippen molar-refractivity contribution >= 4 is 16.4 Å². The van der Waals surface area contributed by atoms with Gasteiger partial charge in [0.15, 0.2) is 0 Å². The Labute approximate surface area is 288 Å². The van der Waals surface area contributed by atoms with Crippen molar-refractivity contribution in [2.75, 3.05) is 32.1 Å². The molecule has 3 aromatic rings. The predicted octanol–water partition coefficient (Wildman–Crippen LogP) is 9.88. The molecule has 0 radical (unpaired) electrons. The summed E-state index contributed by atoms with van der Waals surface area (Å²) in [6.07, 6.45) is 6.75. The molecule has 2 unspecified atom stereocenters. The number of hydrogen-bond donors (Lipinski definition) is 2. The summed E-state index contributed by atoms with van der Waals surface area (Å²) in [5, 5.41) is 3.85. The van der Waals surface area contributed by atoms with E-state index < -0.39 is 15.9 Å². The van der Waals surface area contributed by atoms with Gasteiger partial charge in [0, 0.05) is 42.7 Å². The lowest BCUT2D eigenvalue weighted by Crippen LogP contribution is -2.39. The fourth-order valence-electron chi connectivity index (χ4n) is 4.88. The van der Waals surface area contributed by atoms with Gasteiger partial charge >= 0.3 is 6.09 Å². The van der Waals surface area contributed by atoms with E-state index in [2.05, 4.69) is 112 Å². The van der Waals surface area contributed by atoms with Crippen molar-refractivity contribution in [3.05, 3.63) is 78.2 Å². The average molecular weight is 669 g/mol. The predicted molar refractivity (Wildman–Crippen MR) is 202 cm³/mol. The minimum Gasteiger partial charge on any atom is -0.444 e. The fourth-order valence-corrected chi connectivity index (χ4v) is 4.88. The van der Waals surface area contributed by atoms with Crippen LogP contribution in [0.5, 0.6) is 0 Å². The number of ether oxygens (including phenoxy) is 1. The number of nitrogens with zero attached hydrogens (tertiary/aromatic N) is 3. The van der Waals surface area contributed by atoms with Gasteiger partial charge in [0.1, 0.15) is 11.4 Å². The van der Waals surface area contributed by atoms with Crippen molar-refractivity contribution < 1.29 is 14.1 Å². The van der Waals surface area contributed by atoms with E-state index in [1.54, 1.807) is 0 Å². The number of imidazole rings is 1. The van der Waals surface area contributed by atoms with E-state index in [0.29, 0.717) is 12.5 Å². The van der Waals surface area contributed by atoms with Gasteiger partial charge in [0.05, 0.1) is 11.7 Å². The van der Waals surface area contributed by atoms with Crippen LogP contribution in [0.25, 0.3) is 11.3 Å². The Morgan fingerprint density at radius 2 is 1.49 bits per heavy atom. The first-order chi connectivity index (χ1) is 21.7. The third-order valence-corrected chi connectivity index (χ3v) is 11.2. The highest BCUT2D eigenvalue weighted by atomic mass is 32.3. The summed E-state index contributed by atoms with van der Waals surface area (Å²) in [5.41, 5.74) is 2.82. The van der Waals surface area contributed by atoms with Crippen LogP contribution in [0, 0.1) is 11.3 Å². The van der Waals surface area contributed by atoms with E-state index >= 15 is 0 Å². The molecular formula is C39H64N4O3S. The first-order valence-corrected chi connectivity index (χ1v) is 19.5. The number of hydrogen-bond acceptors (Lipinski definition) is 5. The lowest BCUT2D eigenvalue weighted by atomic mass is 9.85. The Kier molecular flexibility index (Phi) is 14.6. The van der Waals surface area contributed by atoms with Crippen molar-refractivity contribution in [3.63, 3.8) is 0 Å². The Bertz CT molecular complexity index is 1340. The molecule has 2 aromatic carbocycles. The lowest BCUT2D eigenvalue weighted by molar-refractivity contribution is 0.0287. The fraction of sp³-hybridized carbons (Fsp3) is 0.590. The number of likely N-dealkylation sites (tertiary alicyclic amines) is 1. The number of aromatic nitrogens is 2. The number of carbonyl (C=O) groups excluding carboxylic acids is 1. The van der Waals surface area contributed by atoms with Gasteiger partial charge in [-0.25, -0.2) is 9.78 Å². The summed E-state index contributed by atoms with van der Waals surface area (Å²) >= 11 is 0. The number of nitrogens with one attached hydrogen (secondary N) is 1. The van der Waals surface area contributed by atoms with Crippen LogP contribution in [-0.2, 0) is 11.3 Å². The largest absolute Gasteiger partial charge is 0.444 e. The minimum atomic E-state index is -1.34. The number of amides is 1. The molecule has 1 fully saturated rings. The van der Waals surface area contributed by atoms with Crippen molar-refractivity contribution in [1.29, 1.82) is 0 Å². The third-order valence-electron chi connectivity index (χ3n) is 8.24. The van der Waals surface area contributed by atoms with E-state index in [9.17, 15) is 9.35 Å². The molecule has 47 heavy (non-hydrogen) atoms. The zero-order valence-corrected chi connectivity index (χ0v) is 32.4. The van der Waals surface area contributed by atoms with Gasteiger partial charge in [-0.2, -0.15) is 0 Å². The molecule has 1 aliphatic rings. The Morgan fingerprint density at radius 1 is 0.957 bits per heavy atom. The summed E-state index contributed by atoms with van der Waals surface area (Å²) in [7, 11) is -1.34. The number of benzene rings is 2. The van der Waals surface area contributed by atoms with Gasteiger partial charge in [-0.05, 0) is 56.6 Å². The van der Waals surface area contributed by atoms with Gasteiger partial charge in [0.25, 0.3) is 0 Å². The maximum Gasteiger partial charge on any atom is 0.410 e. The van der Waals surface area contributed by atoms with Gasteiger partial charge in [0.2, 0.25) is 0 Å². The summed E-state index contributed by atoms with van der Waals surface area (Å²) in [6.45, 7) is 25.7. The smallest absolute Gasteiger partial charge is 0.410 e. The molecule has 2 atom stereocenters. The van der Waals surface area contributed by atoms with Crippen LogP contribution in [0.2, 0.25) is 0 Å². The Balaban J connectivity index is 0.000000672. The van der Waals surface area contributed by atoms with E-state index in [0.717, 1.165) is 43.1 Å². The topological polar surface area (TPSA) is 79.6 Å². The van der Waals surface area contributed by atoms with Crippen LogP contribution >= 0.6 is 10.3 Å². The molecule has 1 saturated heterocycles. The first kappa shape index (κ1) is 40.4. The minimum absolute atomic E-state index is 0.0456. The summed E-state index contributed by atoms with van der Waals surface area (Å²) in [5.74, 6) is 1.42. The van der Waals surface area contributed by atoms with Crippen molar-refractivity contribution in [2.24, 2.45) is 11.3 Å². The molecule has 1 aliphatic heterocycles. The van der Waals surface area contributed by atoms with E-state index in [1.807, 2.05) is 58.1 Å². The zero-order chi connectivity index (χ0) is 35.6. The second-order valence-corrected chi connectivity index (χ2v) is 19.4. The molecule has 8 heteroatoms. The molecule has 4 rings (SSSR count). The van der Waals surface area contributed by atoms with E-state index in [-0.39, 0.29) is 22.3 Å². The quantitative estimate of drug-likeness (QED) is 0.262. The van der Waals surface area contributed by atoms with Crippen molar-refractivity contribution in [1.82, 2.24) is 19.8 Å². The van der Waals surface area contributed by atoms with Gasteiger partial charge < -0.3 is 24.1 Å². The average Bonchev–Trinajstić information content (AvgIpc) is 3.61. The van der Waals surface area contributed by atoms with Gasteiger partial charge in [-0.1, -0.05) is 116 Å². The van der Waals surface area contributed by atoms with Crippen LogP contribution in [-0.4, -0.2) is 67.6 Å². The normalized spacial score (nSPS) is 16.4. The lowest BCUT2D eigenvalue weighted by Gasteiger charge is -2.38. The molecule has 0 aliphatic carbocycles. The molecule has 0 bridgehead atoms. The molecule has 2 heterocycles. The number of rotatable bonds is 7. The molecule has 264 valence electrons.